The maximum absolute atomic E-state index is 10.7. The first-order valence-electron chi connectivity index (χ1n) is 12.7. The summed E-state index contributed by atoms with van der Waals surface area (Å²) >= 11 is 0. The summed E-state index contributed by atoms with van der Waals surface area (Å²) < 4.78 is 61.3. The first-order valence-corrected chi connectivity index (χ1v) is 14.1. The molecule has 1 aromatic rings. The molecule has 0 saturated heterocycles. The van der Waals surface area contributed by atoms with Crippen LogP contribution in [-0.2, 0) is 15.7 Å². The zero-order chi connectivity index (χ0) is 26.3. The van der Waals surface area contributed by atoms with Crippen molar-refractivity contribution < 1.29 is 30.7 Å². The van der Waals surface area contributed by atoms with Crippen LogP contribution in [0.2, 0.25) is 0 Å². The van der Waals surface area contributed by atoms with E-state index >= 15 is 0 Å². The Morgan fingerprint density at radius 2 is 1.06 bits per heavy atom. The van der Waals surface area contributed by atoms with Gasteiger partial charge in [0.2, 0.25) is 0 Å². The van der Waals surface area contributed by atoms with Crippen LogP contribution >= 0.6 is 0 Å². The van der Waals surface area contributed by atoms with E-state index in [-0.39, 0.29) is 5.54 Å². The molecular weight excluding hydrogens is 463 g/mol. The molecule has 8 heteroatoms. The van der Waals surface area contributed by atoms with Crippen molar-refractivity contribution in [3.8, 4) is 0 Å². The largest absolute Gasteiger partial charge is 0.741 e. The zero-order valence-electron chi connectivity index (χ0n) is 21.8. The summed E-state index contributed by atoms with van der Waals surface area (Å²) in [6.45, 7) is 11.9. The highest BCUT2D eigenvalue weighted by Gasteiger charge is 2.44. The van der Waals surface area contributed by atoms with Crippen LogP contribution in [0.4, 0.5) is 13.2 Å². The summed E-state index contributed by atoms with van der Waals surface area (Å²) in [5.74, 6) is 0. The van der Waals surface area contributed by atoms with E-state index in [1.165, 1.54) is 83.5 Å². The van der Waals surface area contributed by atoms with Gasteiger partial charge in [-0.15, -0.1) is 0 Å². The monoisotopic (exact) mass is 509 g/mol. The first-order chi connectivity index (χ1) is 15.7. The lowest BCUT2D eigenvalue weighted by molar-refractivity contribution is -0.773. The van der Waals surface area contributed by atoms with Crippen molar-refractivity contribution in [2.75, 3.05) is 0 Å². The van der Waals surface area contributed by atoms with Gasteiger partial charge >= 0.3 is 5.51 Å². The molecule has 200 valence electrons. The van der Waals surface area contributed by atoms with Crippen LogP contribution in [0.25, 0.3) is 0 Å². The van der Waals surface area contributed by atoms with Crippen molar-refractivity contribution in [3.05, 3.63) is 30.6 Å². The van der Waals surface area contributed by atoms with Crippen LogP contribution in [0.15, 0.2) is 30.6 Å². The Balaban J connectivity index is 0.00000116. The van der Waals surface area contributed by atoms with Gasteiger partial charge < -0.3 is 4.55 Å². The van der Waals surface area contributed by atoms with Gasteiger partial charge in [0.1, 0.15) is 0 Å². The molecule has 0 bridgehead atoms. The number of aromatic nitrogens is 1. The summed E-state index contributed by atoms with van der Waals surface area (Å²) in [6.07, 6.45) is 22.9. The lowest BCUT2D eigenvalue weighted by Crippen LogP contribution is -2.59. The predicted octanol–water partition coefficient (Wildman–Crippen LogP) is 7.88. The highest BCUT2D eigenvalue weighted by Crippen LogP contribution is 2.37. The van der Waals surface area contributed by atoms with Crippen molar-refractivity contribution in [1.29, 1.82) is 0 Å². The Morgan fingerprint density at radius 3 is 1.41 bits per heavy atom. The maximum Gasteiger partial charge on any atom is 0.485 e. The van der Waals surface area contributed by atoms with E-state index in [0.717, 1.165) is 0 Å². The summed E-state index contributed by atoms with van der Waals surface area (Å²) in [5.41, 5.74) is -5.20. The average molecular weight is 510 g/mol. The van der Waals surface area contributed by atoms with Crippen molar-refractivity contribution >= 4 is 10.1 Å². The van der Waals surface area contributed by atoms with E-state index in [9.17, 15) is 13.2 Å². The van der Waals surface area contributed by atoms with Crippen molar-refractivity contribution in [2.45, 2.75) is 129 Å². The zero-order valence-corrected chi connectivity index (χ0v) is 22.6. The van der Waals surface area contributed by atoms with Gasteiger partial charge in [-0.3, -0.25) is 0 Å². The van der Waals surface area contributed by atoms with Gasteiger partial charge in [0.15, 0.2) is 28.1 Å². The Bertz CT molecular complexity index is 748. The number of pyridine rings is 1. The normalized spacial score (nSPS) is 12.9. The number of alkyl halides is 3. The number of unbranched alkanes of at least 4 members (excludes halogenated alkanes) is 11. The smallest absolute Gasteiger partial charge is 0.485 e. The standard InChI is InChI=1S/C25H46N.CHF3O3S/c1-6-7-8-9-10-11-12-13-14-15-16-18-21-24(2,3)25(4,5)26-22-19-17-20-23-26;2-1(3,4)8(5,6)7/h17,19-20,22-23H,6-16,18,21H2,1-5H3;(H,5,6,7)/q+1;/p-1. The van der Waals surface area contributed by atoms with Crippen LogP contribution in [0, 0.1) is 5.41 Å². The van der Waals surface area contributed by atoms with Gasteiger partial charge in [0.25, 0.3) is 0 Å². The Hall–Kier alpha value is -1.15. The van der Waals surface area contributed by atoms with Crippen molar-refractivity contribution in [2.24, 2.45) is 5.41 Å². The first kappa shape index (κ1) is 32.8. The van der Waals surface area contributed by atoms with E-state index < -0.39 is 15.6 Å². The molecule has 0 aliphatic heterocycles. The summed E-state index contributed by atoms with van der Waals surface area (Å²) in [7, 11) is -6.09. The van der Waals surface area contributed by atoms with Crippen LogP contribution < -0.4 is 4.57 Å². The van der Waals surface area contributed by atoms with Crippen LogP contribution in [0.5, 0.6) is 0 Å². The fourth-order valence-corrected chi connectivity index (χ4v) is 3.83. The molecule has 4 nitrogen and oxygen atoms in total. The van der Waals surface area contributed by atoms with Gasteiger partial charge in [-0.25, -0.2) is 8.42 Å². The quantitative estimate of drug-likeness (QED) is 0.105. The molecule has 0 amide bonds. The van der Waals surface area contributed by atoms with E-state index in [1.807, 2.05) is 0 Å². The lowest BCUT2D eigenvalue weighted by atomic mass is 9.71. The molecule has 1 rings (SSSR count). The fourth-order valence-electron chi connectivity index (χ4n) is 3.83. The third kappa shape index (κ3) is 13.1. The van der Waals surface area contributed by atoms with Crippen LogP contribution in [0.1, 0.15) is 118 Å². The highest BCUT2D eigenvalue weighted by molar-refractivity contribution is 7.86. The molecule has 0 fully saturated rings. The van der Waals surface area contributed by atoms with E-state index in [4.69, 9.17) is 13.0 Å². The molecular formula is C26H46F3NO3S. The number of rotatable bonds is 15. The van der Waals surface area contributed by atoms with E-state index in [2.05, 4.69) is 69.8 Å². The second-order valence-corrected chi connectivity index (χ2v) is 11.6. The molecule has 34 heavy (non-hydrogen) atoms. The van der Waals surface area contributed by atoms with Crippen molar-refractivity contribution in [1.82, 2.24) is 0 Å². The molecule has 0 N–H and O–H groups in total. The number of hydrogen-bond acceptors (Lipinski definition) is 3. The molecule has 0 spiro atoms. The van der Waals surface area contributed by atoms with Crippen molar-refractivity contribution in [3.63, 3.8) is 0 Å². The molecule has 1 heterocycles. The SMILES string of the molecule is CCCCCCCCCCCCCCC(C)(C)C(C)(C)[n+]1ccccc1.O=S(=O)([O-])C(F)(F)F. The van der Waals surface area contributed by atoms with Gasteiger partial charge in [0.05, 0.1) is 0 Å². The molecule has 0 aliphatic carbocycles. The third-order valence-corrected chi connectivity index (χ3v) is 7.52. The minimum absolute atomic E-state index is 0.145. The predicted molar refractivity (Wildman–Crippen MR) is 131 cm³/mol. The minimum atomic E-state index is -6.09. The Labute approximate surface area is 206 Å². The van der Waals surface area contributed by atoms with Crippen LogP contribution in [0.3, 0.4) is 0 Å². The minimum Gasteiger partial charge on any atom is -0.741 e. The number of halogens is 3. The third-order valence-electron chi connectivity index (χ3n) is 6.96. The van der Waals surface area contributed by atoms with E-state index in [1.54, 1.807) is 0 Å². The number of hydrogen-bond donors (Lipinski definition) is 0. The second kappa shape index (κ2) is 15.8. The number of nitrogens with zero attached hydrogens (tertiary/aromatic N) is 1. The molecule has 0 unspecified atom stereocenters. The van der Waals surface area contributed by atoms with Crippen LogP contribution in [-0.4, -0.2) is 18.5 Å². The Kier molecular flexibility index (Phi) is 15.2. The van der Waals surface area contributed by atoms with Gasteiger partial charge in [-0.1, -0.05) is 104 Å². The summed E-state index contributed by atoms with van der Waals surface area (Å²) in [6, 6.07) is 6.38. The van der Waals surface area contributed by atoms with E-state index in [0.29, 0.717) is 5.41 Å². The molecule has 0 radical (unpaired) electrons. The van der Waals surface area contributed by atoms with Gasteiger partial charge in [-0.2, -0.15) is 17.7 Å². The maximum atomic E-state index is 10.7. The topological polar surface area (TPSA) is 61.1 Å². The van der Waals surface area contributed by atoms with Gasteiger partial charge in [0, 0.05) is 31.4 Å². The molecule has 0 atom stereocenters. The summed E-state index contributed by atoms with van der Waals surface area (Å²) in [4.78, 5) is 0. The molecule has 0 aliphatic rings. The Morgan fingerprint density at radius 1 is 0.706 bits per heavy atom. The second-order valence-electron chi connectivity index (χ2n) is 10.3. The molecule has 1 aromatic heterocycles. The lowest BCUT2D eigenvalue weighted by Gasteiger charge is -2.36. The molecule has 0 aromatic carbocycles. The average Bonchev–Trinajstić information content (AvgIpc) is 2.74. The summed E-state index contributed by atoms with van der Waals surface area (Å²) in [5, 5.41) is 0. The fraction of sp³-hybridized carbons (Fsp3) is 0.808. The highest BCUT2D eigenvalue weighted by atomic mass is 32.2. The van der Waals surface area contributed by atoms with Gasteiger partial charge in [-0.05, 0) is 6.42 Å². The molecule has 0 saturated carbocycles.